The number of carbonyl (C=O) groups excluding carboxylic acids is 1. The Kier molecular flexibility index (Phi) is 8.50. The Balaban J connectivity index is 0.00000300. The van der Waals surface area contributed by atoms with E-state index < -0.39 is 7.82 Å². The predicted octanol–water partition coefficient (Wildman–Crippen LogP) is 1.01. The summed E-state index contributed by atoms with van der Waals surface area (Å²) < 4.78 is 21.9. The second-order valence-electron chi connectivity index (χ2n) is 6.10. The van der Waals surface area contributed by atoms with Crippen LogP contribution in [0.1, 0.15) is 22.3 Å². The molecule has 1 atom stereocenters. The largest absolute Gasteiger partial charge is 1.00 e. The van der Waals surface area contributed by atoms with Gasteiger partial charge < -0.3 is 19.7 Å². The molecule has 2 N–H and O–H groups in total. The Labute approximate surface area is 191 Å². The zero-order valence-electron chi connectivity index (χ0n) is 16.0. The number of phosphoric acid groups is 1. The standard InChI is InChI=1S/C21H20NO5P.Na/c22-19-8-4-5-9-21(19)27-28(24,25)26-18-13-10-16(11-14-18)12-15-20(23)17-6-2-1-3-7-17;/h1-11,13-14H,12,15,22H2,(H,24,25);/q;+1/p-1. The van der Waals surface area contributed by atoms with Gasteiger partial charge in [-0.05, 0) is 36.2 Å². The molecule has 0 fully saturated rings. The van der Waals surface area contributed by atoms with Gasteiger partial charge in [0.1, 0.15) is 5.75 Å². The van der Waals surface area contributed by atoms with Gasteiger partial charge in [0.05, 0.1) is 5.69 Å². The van der Waals surface area contributed by atoms with Crippen LogP contribution >= 0.6 is 7.82 Å². The Bertz CT molecular complexity index is 995. The molecular formula is C21H19NNaO5P. The van der Waals surface area contributed by atoms with Crippen LogP contribution in [0, 0.1) is 0 Å². The van der Waals surface area contributed by atoms with E-state index >= 15 is 0 Å². The van der Waals surface area contributed by atoms with Crippen molar-refractivity contribution in [3.63, 3.8) is 0 Å². The minimum Gasteiger partial charge on any atom is -0.736 e. The van der Waals surface area contributed by atoms with Gasteiger partial charge in [-0.3, -0.25) is 4.79 Å². The van der Waals surface area contributed by atoms with Crippen LogP contribution in [0.15, 0.2) is 78.9 Å². The topological polar surface area (TPSA) is 102 Å². The average molecular weight is 419 g/mol. The first-order valence-corrected chi connectivity index (χ1v) is 10.1. The molecule has 0 saturated heterocycles. The minimum atomic E-state index is -4.63. The molecule has 0 saturated carbocycles. The molecule has 0 aliphatic carbocycles. The molecule has 0 aromatic heterocycles. The van der Waals surface area contributed by atoms with Crippen LogP contribution in [-0.2, 0) is 11.0 Å². The Morgan fingerprint density at radius 3 is 2.17 bits per heavy atom. The number of Topliss-reactive ketones (excluding diaryl/α,β-unsaturated/α-hetero) is 1. The SMILES string of the molecule is Nc1ccccc1OP(=O)([O-])Oc1ccc(CCC(=O)c2ccccc2)cc1.[Na+]. The van der Waals surface area contributed by atoms with Crippen LogP contribution in [0.4, 0.5) is 5.69 Å². The molecule has 3 aromatic carbocycles. The quantitative estimate of drug-likeness (QED) is 0.253. The summed E-state index contributed by atoms with van der Waals surface area (Å²) in [5.74, 6) is 0.182. The van der Waals surface area contributed by atoms with Gasteiger partial charge in [0.25, 0.3) is 0 Å². The maximum atomic E-state index is 12.1. The first-order chi connectivity index (χ1) is 13.4. The number of ketones is 1. The Hall–Kier alpha value is -2.08. The first-order valence-electron chi connectivity index (χ1n) is 8.65. The van der Waals surface area contributed by atoms with Gasteiger partial charge in [0.15, 0.2) is 11.5 Å². The number of phosphoric ester groups is 1. The number of benzene rings is 3. The second-order valence-corrected chi connectivity index (χ2v) is 7.36. The average Bonchev–Trinajstić information content (AvgIpc) is 2.69. The van der Waals surface area contributed by atoms with E-state index in [1.165, 1.54) is 24.3 Å². The number of rotatable bonds is 8. The Morgan fingerprint density at radius 2 is 1.52 bits per heavy atom. The van der Waals surface area contributed by atoms with Gasteiger partial charge in [-0.2, -0.15) is 0 Å². The zero-order chi connectivity index (χ0) is 20.0. The van der Waals surface area contributed by atoms with Gasteiger partial charge in [-0.1, -0.05) is 54.6 Å². The molecule has 8 heteroatoms. The summed E-state index contributed by atoms with van der Waals surface area (Å²) in [6.07, 6.45) is 0.904. The molecule has 29 heavy (non-hydrogen) atoms. The summed E-state index contributed by atoms with van der Waals surface area (Å²) in [4.78, 5) is 24.2. The first kappa shape index (κ1) is 23.2. The van der Waals surface area contributed by atoms with Crippen LogP contribution in [0.5, 0.6) is 11.5 Å². The zero-order valence-corrected chi connectivity index (χ0v) is 18.9. The van der Waals surface area contributed by atoms with Crippen LogP contribution in [-0.4, -0.2) is 5.78 Å². The van der Waals surface area contributed by atoms with E-state index in [9.17, 15) is 14.3 Å². The molecule has 1 unspecified atom stereocenters. The normalized spacial score (nSPS) is 12.3. The van der Waals surface area contributed by atoms with E-state index in [4.69, 9.17) is 14.8 Å². The van der Waals surface area contributed by atoms with Crippen molar-refractivity contribution in [2.45, 2.75) is 12.8 Å². The minimum absolute atomic E-state index is 0. The number of anilines is 1. The number of hydrogen-bond donors (Lipinski definition) is 1. The number of hydrogen-bond acceptors (Lipinski definition) is 6. The van der Waals surface area contributed by atoms with Crippen molar-refractivity contribution < 1.29 is 52.9 Å². The molecule has 0 heterocycles. The summed E-state index contributed by atoms with van der Waals surface area (Å²) >= 11 is 0. The van der Waals surface area contributed by atoms with Gasteiger partial charge in [0.2, 0.25) is 0 Å². The van der Waals surface area contributed by atoms with Crippen LogP contribution in [0.25, 0.3) is 0 Å². The number of nitrogen functional groups attached to an aromatic ring is 1. The summed E-state index contributed by atoms with van der Waals surface area (Å²) in [6.45, 7) is 0. The fourth-order valence-electron chi connectivity index (χ4n) is 2.58. The van der Waals surface area contributed by atoms with Crippen molar-refractivity contribution in [2.75, 3.05) is 5.73 Å². The van der Waals surface area contributed by atoms with Gasteiger partial charge in [-0.25, -0.2) is 4.57 Å². The number of carbonyl (C=O) groups is 1. The molecule has 0 aliphatic rings. The monoisotopic (exact) mass is 419 g/mol. The molecule has 3 aromatic rings. The van der Waals surface area contributed by atoms with E-state index in [0.29, 0.717) is 18.4 Å². The van der Waals surface area contributed by atoms with Crippen LogP contribution < -0.4 is 49.2 Å². The van der Waals surface area contributed by atoms with Crippen LogP contribution in [0.3, 0.4) is 0 Å². The molecule has 144 valence electrons. The van der Waals surface area contributed by atoms with E-state index in [1.807, 2.05) is 18.2 Å². The summed E-state index contributed by atoms with van der Waals surface area (Å²) in [5, 5.41) is 0. The summed E-state index contributed by atoms with van der Waals surface area (Å²) in [7, 11) is -4.63. The fraction of sp³-hybridized carbons (Fsp3) is 0.0952. The fourth-order valence-corrected chi connectivity index (χ4v) is 3.40. The van der Waals surface area contributed by atoms with Crippen molar-refractivity contribution in [3.8, 4) is 11.5 Å². The molecule has 3 rings (SSSR count). The summed E-state index contributed by atoms with van der Waals surface area (Å²) in [6, 6.07) is 21.8. The van der Waals surface area contributed by atoms with Crippen molar-refractivity contribution in [3.05, 3.63) is 90.0 Å². The molecular weight excluding hydrogens is 400 g/mol. The second kappa shape index (κ2) is 10.6. The number of para-hydroxylation sites is 2. The third kappa shape index (κ3) is 7.03. The van der Waals surface area contributed by atoms with E-state index in [0.717, 1.165) is 5.56 Å². The Morgan fingerprint density at radius 1 is 0.897 bits per heavy atom. The summed E-state index contributed by atoms with van der Waals surface area (Å²) in [5.41, 5.74) is 7.43. The van der Waals surface area contributed by atoms with Crippen LogP contribution in [0.2, 0.25) is 0 Å². The number of nitrogens with two attached hydrogens (primary N) is 1. The van der Waals surface area contributed by atoms with E-state index in [2.05, 4.69) is 0 Å². The van der Waals surface area contributed by atoms with Crippen molar-refractivity contribution in [1.82, 2.24) is 0 Å². The van der Waals surface area contributed by atoms with E-state index in [-0.39, 0.29) is 52.5 Å². The molecule has 0 amide bonds. The number of aryl methyl sites for hydroxylation is 1. The van der Waals surface area contributed by atoms with Crippen molar-refractivity contribution in [2.24, 2.45) is 0 Å². The molecule has 0 aliphatic heterocycles. The smallest absolute Gasteiger partial charge is 0.736 e. The maximum Gasteiger partial charge on any atom is 1.00 e. The molecule has 0 spiro atoms. The van der Waals surface area contributed by atoms with Gasteiger partial charge in [0, 0.05) is 12.0 Å². The van der Waals surface area contributed by atoms with Crippen molar-refractivity contribution >= 4 is 19.3 Å². The predicted molar refractivity (Wildman–Crippen MR) is 105 cm³/mol. The maximum absolute atomic E-state index is 12.1. The van der Waals surface area contributed by atoms with Gasteiger partial charge >= 0.3 is 37.4 Å². The van der Waals surface area contributed by atoms with E-state index in [1.54, 1.807) is 36.4 Å². The van der Waals surface area contributed by atoms with Crippen molar-refractivity contribution in [1.29, 1.82) is 0 Å². The van der Waals surface area contributed by atoms with Gasteiger partial charge in [-0.15, -0.1) is 0 Å². The third-order valence-electron chi connectivity index (χ3n) is 4.01. The molecule has 0 radical (unpaired) electrons. The molecule has 0 bridgehead atoms. The molecule has 6 nitrogen and oxygen atoms in total. The third-order valence-corrected chi connectivity index (χ3v) is 4.86.